The van der Waals surface area contributed by atoms with Crippen molar-refractivity contribution >= 4 is 11.9 Å². The van der Waals surface area contributed by atoms with Gasteiger partial charge in [-0.3, -0.25) is 9.79 Å². The van der Waals surface area contributed by atoms with Gasteiger partial charge in [-0.2, -0.15) is 0 Å². The lowest BCUT2D eigenvalue weighted by molar-refractivity contribution is -0.130. The Bertz CT molecular complexity index is 309. The largest absolute Gasteiger partial charge is 0.357 e. The summed E-state index contributed by atoms with van der Waals surface area (Å²) in [6.45, 7) is 11.1. The fraction of sp³-hybridized carbons (Fsp3) is 0.867. The Hall–Kier alpha value is -1.26. The molecule has 1 saturated heterocycles. The number of guanidine groups is 1. The number of aliphatic imine (C=N–C) groups is 1. The van der Waals surface area contributed by atoms with E-state index in [1.165, 1.54) is 19.3 Å². The molecule has 5 nitrogen and oxygen atoms in total. The molecule has 1 N–H and O–H groups in total. The molecule has 1 aliphatic rings. The molecule has 1 aliphatic heterocycles. The summed E-state index contributed by atoms with van der Waals surface area (Å²) < 4.78 is 0. The topological polar surface area (TPSA) is 47.9 Å². The Kier molecular flexibility index (Phi) is 8.07. The molecule has 0 aromatic heterocycles. The minimum absolute atomic E-state index is 0.172. The van der Waals surface area contributed by atoms with Gasteiger partial charge in [-0.1, -0.05) is 26.2 Å². The first-order valence-electron chi connectivity index (χ1n) is 7.97. The van der Waals surface area contributed by atoms with Crippen molar-refractivity contribution < 1.29 is 4.79 Å². The summed E-state index contributed by atoms with van der Waals surface area (Å²) in [5.74, 6) is 1.18. The van der Waals surface area contributed by atoms with Crippen molar-refractivity contribution in [1.82, 2.24) is 15.1 Å². The molecule has 0 radical (unpaired) electrons. The van der Waals surface area contributed by atoms with Crippen LogP contribution in [0.1, 0.15) is 46.5 Å². The second-order valence-corrected chi connectivity index (χ2v) is 5.29. The van der Waals surface area contributed by atoms with E-state index in [0.717, 1.165) is 51.6 Å². The van der Waals surface area contributed by atoms with Gasteiger partial charge in [0.25, 0.3) is 0 Å². The maximum absolute atomic E-state index is 11.3. The quantitative estimate of drug-likeness (QED) is 0.458. The van der Waals surface area contributed by atoms with E-state index >= 15 is 0 Å². The van der Waals surface area contributed by atoms with E-state index in [2.05, 4.69) is 24.1 Å². The van der Waals surface area contributed by atoms with Crippen molar-refractivity contribution in [2.24, 2.45) is 4.99 Å². The van der Waals surface area contributed by atoms with Gasteiger partial charge in [0.15, 0.2) is 5.96 Å². The number of piperazine rings is 1. The van der Waals surface area contributed by atoms with E-state index in [1.807, 2.05) is 4.90 Å². The molecule has 0 spiro atoms. The Morgan fingerprint density at radius 3 is 2.25 bits per heavy atom. The van der Waals surface area contributed by atoms with E-state index < -0.39 is 0 Å². The average Bonchev–Trinajstić information content (AvgIpc) is 2.46. The molecule has 20 heavy (non-hydrogen) atoms. The highest BCUT2D eigenvalue weighted by Crippen LogP contribution is 2.04. The summed E-state index contributed by atoms with van der Waals surface area (Å²) in [6.07, 6.45) is 4.98. The maximum Gasteiger partial charge on any atom is 0.219 e. The summed E-state index contributed by atoms with van der Waals surface area (Å²) >= 11 is 0. The van der Waals surface area contributed by atoms with Gasteiger partial charge in [-0.05, 0) is 13.3 Å². The van der Waals surface area contributed by atoms with E-state index in [9.17, 15) is 4.79 Å². The summed E-state index contributed by atoms with van der Waals surface area (Å²) in [4.78, 5) is 20.2. The molecular formula is C15H30N4O. The van der Waals surface area contributed by atoms with Crippen LogP contribution in [0.3, 0.4) is 0 Å². The highest BCUT2D eigenvalue weighted by atomic mass is 16.2. The van der Waals surface area contributed by atoms with Crippen molar-refractivity contribution in [3.05, 3.63) is 0 Å². The number of nitrogens with zero attached hydrogens (tertiary/aromatic N) is 3. The van der Waals surface area contributed by atoms with E-state index in [0.29, 0.717) is 0 Å². The molecule has 1 amide bonds. The Labute approximate surface area is 123 Å². The van der Waals surface area contributed by atoms with E-state index in [-0.39, 0.29) is 5.91 Å². The third-order valence-corrected chi connectivity index (χ3v) is 3.63. The number of rotatable bonds is 6. The summed E-state index contributed by atoms with van der Waals surface area (Å²) in [6, 6.07) is 0. The first kappa shape index (κ1) is 16.8. The molecule has 0 aromatic carbocycles. The molecule has 1 fully saturated rings. The standard InChI is InChI=1S/C15H30N4O/c1-4-6-7-8-9-17-15(16-5-2)19-12-10-18(11-13-19)14(3)20/h4-13H2,1-3H3,(H,16,17). The van der Waals surface area contributed by atoms with Gasteiger partial charge >= 0.3 is 0 Å². The highest BCUT2D eigenvalue weighted by Gasteiger charge is 2.20. The smallest absolute Gasteiger partial charge is 0.219 e. The van der Waals surface area contributed by atoms with Crippen LogP contribution < -0.4 is 5.32 Å². The Morgan fingerprint density at radius 2 is 1.70 bits per heavy atom. The van der Waals surface area contributed by atoms with Crippen LogP contribution in [0.2, 0.25) is 0 Å². The number of hydrogen-bond donors (Lipinski definition) is 1. The number of carbonyl (C=O) groups is 1. The predicted octanol–water partition coefficient (Wildman–Crippen LogP) is 1.70. The zero-order chi connectivity index (χ0) is 14.8. The van der Waals surface area contributed by atoms with Crippen LogP contribution in [0.25, 0.3) is 0 Å². The van der Waals surface area contributed by atoms with Gasteiger partial charge in [0.05, 0.1) is 0 Å². The minimum Gasteiger partial charge on any atom is -0.357 e. The second kappa shape index (κ2) is 9.61. The fourth-order valence-corrected chi connectivity index (χ4v) is 2.38. The molecule has 0 unspecified atom stereocenters. The lowest BCUT2D eigenvalue weighted by Crippen LogP contribution is -2.53. The van der Waals surface area contributed by atoms with Gasteiger partial charge in [0.2, 0.25) is 5.91 Å². The van der Waals surface area contributed by atoms with Crippen LogP contribution in [0, 0.1) is 0 Å². The number of amides is 1. The van der Waals surface area contributed by atoms with Gasteiger partial charge in [0.1, 0.15) is 0 Å². The second-order valence-electron chi connectivity index (χ2n) is 5.29. The molecule has 1 rings (SSSR count). The fourth-order valence-electron chi connectivity index (χ4n) is 2.38. The van der Waals surface area contributed by atoms with Crippen LogP contribution >= 0.6 is 0 Å². The summed E-state index contributed by atoms with van der Waals surface area (Å²) in [5.41, 5.74) is 0. The molecule has 0 bridgehead atoms. The number of unbranched alkanes of at least 4 members (excludes halogenated alkanes) is 3. The van der Waals surface area contributed by atoms with Crippen LogP contribution in [0.4, 0.5) is 0 Å². The van der Waals surface area contributed by atoms with Crippen LogP contribution in [0.5, 0.6) is 0 Å². The minimum atomic E-state index is 0.172. The Balaban J connectivity index is 2.41. The molecule has 0 atom stereocenters. The van der Waals surface area contributed by atoms with Crippen LogP contribution in [0.15, 0.2) is 4.99 Å². The zero-order valence-electron chi connectivity index (χ0n) is 13.3. The van der Waals surface area contributed by atoms with E-state index in [1.54, 1.807) is 6.92 Å². The van der Waals surface area contributed by atoms with Gasteiger partial charge in [0, 0.05) is 46.2 Å². The molecule has 1 heterocycles. The first-order chi connectivity index (χ1) is 9.69. The van der Waals surface area contributed by atoms with Crippen molar-refractivity contribution in [2.45, 2.75) is 46.5 Å². The SMILES string of the molecule is CCCCCCN=C(NCC)N1CCN(C(C)=O)CC1. The first-order valence-corrected chi connectivity index (χ1v) is 7.97. The van der Waals surface area contributed by atoms with Gasteiger partial charge < -0.3 is 15.1 Å². The molecule has 116 valence electrons. The molecular weight excluding hydrogens is 252 g/mol. The van der Waals surface area contributed by atoms with Crippen molar-refractivity contribution in [1.29, 1.82) is 0 Å². The molecule has 0 aromatic rings. The zero-order valence-corrected chi connectivity index (χ0v) is 13.3. The lowest BCUT2D eigenvalue weighted by Gasteiger charge is -2.36. The monoisotopic (exact) mass is 282 g/mol. The third-order valence-electron chi connectivity index (χ3n) is 3.63. The van der Waals surface area contributed by atoms with E-state index in [4.69, 9.17) is 4.99 Å². The maximum atomic E-state index is 11.3. The average molecular weight is 282 g/mol. The van der Waals surface area contributed by atoms with Crippen molar-refractivity contribution in [3.63, 3.8) is 0 Å². The summed E-state index contributed by atoms with van der Waals surface area (Å²) in [5, 5.41) is 3.36. The van der Waals surface area contributed by atoms with Crippen LogP contribution in [-0.2, 0) is 4.79 Å². The van der Waals surface area contributed by atoms with Gasteiger partial charge in [-0.15, -0.1) is 0 Å². The van der Waals surface area contributed by atoms with Gasteiger partial charge in [-0.25, -0.2) is 0 Å². The molecule has 0 saturated carbocycles. The van der Waals surface area contributed by atoms with Crippen molar-refractivity contribution in [3.8, 4) is 0 Å². The highest BCUT2D eigenvalue weighted by molar-refractivity contribution is 5.80. The van der Waals surface area contributed by atoms with Crippen LogP contribution in [-0.4, -0.2) is 60.9 Å². The molecule has 5 heteroatoms. The number of hydrogen-bond acceptors (Lipinski definition) is 2. The summed E-state index contributed by atoms with van der Waals surface area (Å²) in [7, 11) is 0. The Morgan fingerprint density at radius 1 is 1.05 bits per heavy atom. The third kappa shape index (κ3) is 5.80. The normalized spacial score (nSPS) is 16.4. The predicted molar refractivity (Wildman–Crippen MR) is 83.9 cm³/mol. The molecule has 0 aliphatic carbocycles. The number of nitrogens with one attached hydrogen (secondary N) is 1. The lowest BCUT2D eigenvalue weighted by atomic mass is 10.2. The number of carbonyl (C=O) groups excluding carboxylic acids is 1. The van der Waals surface area contributed by atoms with Crippen molar-refractivity contribution in [2.75, 3.05) is 39.3 Å².